The number of hydrogen-bond acceptors (Lipinski definition) is 4. The fourth-order valence-electron chi connectivity index (χ4n) is 1.86. The Hall–Kier alpha value is -0.660. The maximum atomic E-state index is 12.0. The van der Waals surface area contributed by atoms with Gasteiger partial charge in [0.05, 0.1) is 23.9 Å². The van der Waals surface area contributed by atoms with Gasteiger partial charge in [-0.25, -0.2) is 0 Å². The van der Waals surface area contributed by atoms with E-state index in [0.717, 1.165) is 4.47 Å². The first kappa shape index (κ1) is 18.4. The number of methoxy groups -OCH3 is 1. The van der Waals surface area contributed by atoms with E-state index >= 15 is 0 Å². The lowest BCUT2D eigenvalue weighted by Crippen LogP contribution is -2.49. The molecule has 0 spiro atoms. The average molecular weight is 380 g/mol. The number of carbonyl (C=O) groups is 1. The highest BCUT2D eigenvalue weighted by molar-refractivity contribution is 9.10. The lowest BCUT2D eigenvalue weighted by atomic mass is 9.99. The van der Waals surface area contributed by atoms with E-state index in [-0.39, 0.29) is 19.1 Å². The number of amides is 1. The van der Waals surface area contributed by atoms with E-state index in [1.54, 1.807) is 25.3 Å². The normalized spacial score (nSPS) is 13.8. The largest absolute Gasteiger partial charge is 0.396 e. The van der Waals surface area contributed by atoms with Gasteiger partial charge in [0, 0.05) is 23.7 Å². The van der Waals surface area contributed by atoms with Gasteiger partial charge >= 0.3 is 0 Å². The SMILES string of the molecule is COCC(C)(CCO)NCC(=O)Nc1ccc(Br)cc1Cl. The molecule has 0 radical (unpaired) electrons. The lowest BCUT2D eigenvalue weighted by Gasteiger charge is -2.29. The topological polar surface area (TPSA) is 70.6 Å². The van der Waals surface area contributed by atoms with Crippen LogP contribution in [-0.4, -0.2) is 43.4 Å². The third-order valence-electron chi connectivity index (χ3n) is 3.01. The monoisotopic (exact) mass is 378 g/mol. The number of aliphatic hydroxyl groups excluding tert-OH is 1. The first-order valence-corrected chi connectivity index (χ1v) is 7.67. The number of anilines is 1. The van der Waals surface area contributed by atoms with Crippen LogP contribution < -0.4 is 10.6 Å². The summed E-state index contributed by atoms with van der Waals surface area (Å²) in [5.74, 6) is -0.209. The molecule has 0 fully saturated rings. The van der Waals surface area contributed by atoms with Crippen LogP contribution in [-0.2, 0) is 9.53 Å². The fraction of sp³-hybridized carbons (Fsp3) is 0.500. The first-order valence-electron chi connectivity index (χ1n) is 6.50. The minimum absolute atomic E-state index is 0.0209. The number of carbonyl (C=O) groups excluding carboxylic acids is 1. The predicted molar refractivity (Wildman–Crippen MR) is 87.8 cm³/mol. The molecule has 5 nitrogen and oxygen atoms in total. The van der Waals surface area contributed by atoms with E-state index in [4.69, 9.17) is 21.4 Å². The Labute approximate surface area is 138 Å². The second-order valence-corrected chi connectivity index (χ2v) is 6.32. The molecule has 1 aromatic carbocycles. The van der Waals surface area contributed by atoms with Crippen LogP contribution in [0.15, 0.2) is 22.7 Å². The molecule has 21 heavy (non-hydrogen) atoms. The van der Waals surface area contributed by atoms with Crippen molar-refractivity contribution in [3.05, 3.63) is 27.7 Å². The van der Waals surface area contributed by atoms with Crippen LogP contribution in [0.5, 0.6) is 0 Å². The average Bonchev–Trinajstić information content (AvgIpc) is 2.40. The molecule has 1 unspecified atom stereocenters. The smallest absolute Gasteiger partial charge is 0.238 e. The van der Waals surface area contributed by atoms with Crippen LogP contribution in [0.4, 0.5) is 5.69 Å². The van der Waals surface area contributed by atoms with Crippen LogP contribution in [0.25, 0.3) is 0 Å². The van der Waals surface area contributed by atoms with E-state index in [0.29, 0.717) is 23.7 Å². The molecule has 0 saturated carbocycles. The minimum Gasteiger partial charge on any atom is -0.396 e. The molecule has 0 aliphatic heterocycles. The molecule has 0 heterocycles. The summed E-state index contributed by atoms with van der Waals surface area (Å²) in [6, 6.07) is 5.24. The molecule has 1 aromatic rings. The van der Waals surface area contributed by atoms with Gasteiger partial charge in [0.25, 0.3) is 0 Å². The van der Waals surface area contributed by atoms with Crippen molar-refractivity contribution < 1.29 is 14.6 Å². The molecule has 0 aromatic heterocycles. The van der Waals surface area contributed by atoms with Crippen molar-refractivity contribution >= 4 is 39.1 Å². The molecule has 0 aliphatic carbocycles. The molecule has 0 bridgehead atoms. The van der Waals surface area contributed by atoms with E-state index < -0.39 is 5.54 Å². The van der Waals surface area contributed by atoms with Crippen LogP contribution in [0, 0.1) is 0 Å². The Morgan fingerprint density at radius 2 is 2.24 bits per heavy atom. The van der Waals surface area contributed by atoms with Gasteiger partial charge in [-0.15, -0.1) is 0 Å². The molecular weight excluding hydrogens is 360 g/mol. The van der Waals surface area contributed by atoms with Crippen LogP contribution in [0.3, 0.4) is 0 Å². The first-order chi connectivity index (χ1) is 9.90. The Morgan fingerprint density at radius 1 is 1.52 bits per heavy atom. The molecule has 7 heteroatoms. The maximum absolute atomic E-state index is 12.0. The van der Waals surface area contributed by atoms with Crippen LogP contribution >= 0.6 is 27.5 Å². The second kappa shape index (κ2) is 8.70. The number of hydrogen-bond donors (Lipinski definition) is 3. The zero-order valence-electron chi connectivity index (χ0n) is 12.1. The lowest BCUT2D eigenvalue weighted by molar-refractivity contribution is -0.115. The number of ether oxygens (including phenoxy) is 1. The Balaban J connectivity index is 2.56. The van der Waals surface area contributed by atoms with Gasteiger partial charge in [-0.3, -0.25) is 4.79 Å². The molecule has 1 rings (SSSR count). The molecule has 0 saturated heterocycles. The Morgan fingerprint density at radius 3 is 2.81 bits per heavy atom. The van der Waals surface area contributed by atoms with Crippen molar-refractivity contribution in [3.63, 3.8) is 0 Å². The van der Waals surface area contributed by atoms with Gasteiger partial charge < -0.3 is 20.5 Å². The Bertz CT molecular complexity index is 479. The highest BCUT2D eigenvalue weighted by Crippen LogP contribution is 2.25. The van der Waals surface area contributed by atoms with Gasteiger partial charge in [0.1, 0.15) is 0 Å². The van der Waals surface area contributed by atoms with E-state index in [1.807, 2.05) is 6.92 Å². The van der Waals surface area contributed by atoms with Crippen molar-refractivity contribution in [1.29, 1.82) is 0 Å². The highest BCUT2D eigenvalue weighted by Gasteiger charge is 2.24. The summed E-state index contributed by atoms with van der Waals surface area (Å²) in [7, 11) is 1.58. The molecule has 1 amide bonds. The molecule has 1 atom stereocenters. The maximum Gasteiger partial charge on any atom is 0.238 e. The van der Waals surface area contributed by atoms with Crippen molar-refractivity contribution in [3.8, 4) is 0 Å². The summed E-state index contributed by atoms with van der Waals surface area (Å²) < 4.78 is 5.96. The van der Waals surface area contributed by atoms with Gasteiger partial charge in [-0.2, -0.15) is 0 Å². The van der Waals surface area contributed by atoms with Gasteiger partial charge in [0.2, 0.25) is 5.91 Å². The summed E-state index contributed by atoms with van der Waals surface area (Å²) in [4.78, 5) is 12.0. The highest BCUT2D eigenvalue weighted by atomic mass is 79.9. The van der Waals surface area contributed by atoms with Crippen LogP contribution in [0.2, 0.25) is 5.02 Å². The molecule has 118 valence electrons. The summed E-state index contributed by atoms with van der Waals surface area (Å²) in [5.41, 5.74) is 0.104. The molecular formula is C14H20BrClN2O3. The van der Waals surface area contributed by atoms with E-state index in [2.05, 4.69) is 26.6 Å². The minimum atomic E-state index is -0.454. The van der Waals surface area contributed by atoms with Crippen molar-refractivity contribution in [1.82, 2.24) is 5.32 Å². The van der Waals surface area contributed by atoms with Crippen LogP contribution in [0.1, 0.15) is 13.3 Å². The standard InChI is InChI=1S/C14H20BrClN2O3/c1-14(5-6-19,9-21-2)17-8-13(20)18-12-4-3-10(15)7-11(12)16/h3-4,7,17,19H,5-6,8-9H2,1-2H3,(H,18,20). The zero-order chi connectivity index (χ0) is 15.9. The molecule has 0 aliphatic rings. The summed E-state index contributed by atoms with van der Waals surface area (Å²) in [6.45, 7) is 2.42. The second-order valence-electron chi connectivity index (χ2n) is 4.99. The van der Waals surface area contributed by atoms with Gasteiger partial charge in [-0.1, -0.05) is 27.5 Å². The van der Waals surface area contributed by atoms with Crippen molar-refractivity contribution in [2.24, 2.45) is 0 Å². The van der Waals surface area contributed by atoms with Gasteiger partial charge in [-0.05, 0) is 31.5 Å². The third kappa shape index (κ3) is 6.32. The zero-order valence-corrected chi connectivity index (χ0v) is 14.4. The number of nitrogens with one attached hydrogen (secondary N) is 2. The van der Waals surface area contributed by atoms with E-state index in [1.165, 1.54) is 0 Å². The summed E-state index contributed by atoms with van der Waals surface area (Å²) in [5, 5.41) is 15.4. The summed E-state index contributed by atoms with van der Waals surface area (Å²) in [6.07, 6.45) is 0.493. The number of aliphatic hydroxyl groups is 1. The van der Waals surface area contributed by atoms with E-state index in [9.17, 15) is 4.79 Å². The van der Waals surface area contributed by atoms with Crippen molar-refractivity contribution in [2.75, 3.05) is 32.2 Å². The van der Waals surface area contributed by atoms with Crippen molar-refractivity contribution in [2.45, 2.75) is 18.9 Å². The quantitative estimate of drug-likeness (QED) is 0.649. The summed E-state index contributed by atoms with van der Waals surface area (Å²) >= 11 is 9.35. The fourth-order valence-corrected chi connectivity index (χ4v) is 2.58. The van der Waals surface area contributed by atoms with Gasteiger partial charge in [0.15, 0.2) is 0 Å². The number of rotatable bonds is 8. The Kier molecular flexibility index (Phi) is 7.62. The third-order valence-corrected chi connectivity index (χ3v) is 3.81. The predicted octanol–water partition coefficient (Wildman–Crippen LogP) is 2.42. The number of benzene rings is 1. The number of halogens is 2. The molecule has 3 N–H and O–H groups in total.